The molecule has 0 unspecified atom stereocenters. The summed E-state index contributed by atoms with van der Waals surface area (Å²) in [6.45, 7) is 8.16. The molecule has 0 saturated heterocycles. The summed E-state index contributed by atoms with van der Waals surface area (Å²) >= 11 is 0. The van der Waals surface area contributed by atoms with Crippen LogP contribution in [0, 0.1) is 0 Å². The molecule has 5 rings (SSSR count). The molecule has 0 atom stereocenters. The Kier molecular flexibility index (Phi) is 11.3. The lowest BCUT2D eigenvalue weighted by molar-refractivity contribution is 0.0890. The van der Waals surface area contributed by atoms with Gasteiger partial charge < -0.3 is 14.2 Å². The summed E-state index contributed by atoms with van der Waals surface area (Å²) in [5.74, 6) is 1.21. The predicted octanol–water partition coefficient (Wildman–Crippen LogP) is 8.76. The minimum absolute atomic E-state index is 0.166. The number of rotatable bonds is 14. The zero-order valence-corrected chi connectivity index (χ0v) is 28.7. The molecule has 48 heavy (non-hydrogen) atoms. The Labute approximate surface area is 284 Å². The molecule has 0 fully saturated rings. The van der Waals surface area contributed by atoms with Gasteiger partial charge in [0.15, 0.2) is 0 Å². The lowest BCUT2D eigenvalue weighted by atomic mass is 9.83. The highest BCUT2D eigenvalue weighted by Crippen LogP contribution is 2.42. The van der Waals surface area contributed by atoms with Crippen LogP contribution in [0.25, 0.3) is 23.3 Å². The van der Waals surface area contributed by atoms with E-state index in [0.29, 0.717) is 43.7 Å². The molecule has 5 aromatic rings. The molecule has 0 aliphatic carbocycles. The highest BCUT2D eigenvalue weighted by molar-refractivity contribution is 7.92. The van der Waals surface area contributed by atoms with Gasteiger partial charge in [-0.2, -0.15) is 0 Å². The molecule has 1 aromatic heterocycles. The number of aromatic nitrogens is 1. The maximum absolute atomic E-state index is 11.7. The summed E-state index contributed by atoms with van der Waals surface area (Å²) in [5, 5.41) is 0. The number of nitrogens with one attached hydrogen (secondary N) is 1. The van der Waals surface area contributed by atoms with Crippen molar-refractivity contribution in [2.24, 2.45) is 0 Å². The first-order chi connectivity index (χ1) is 23.0. The van der Waals surface area contributed by atoms with E-state index in [2.05, 4.69) is 42.6 Å². The highest BCUT2D eigenvalue weighted by atomic mass is 32.2. The molecule has 0 spiro atoms. The van der Waals surface area contributed by atoms with Crippen molar-refractivity contribution in [1.29, 1.82) is 0 Å². The first-order valence-electron chi connectivity index (χ1n) is 15.9. The first kappa shape index (κ1) is 34.4. The van der Waals surface area contributed by atoms with Crippen molar-refractivity contribution in [3.05, 3.63) is 143 Å². The highest BCUT2D eigenvalue weighted by Gasteiger charge is 2.22. The average Bonchev–Trinajstić information content (AvgIpc) is 3.07. The summed E-state index contributed by atoms with van der Waals surface area (Å²) in [7, 11) is -3.36. The van der Waals surface area contributed by atoms with Crippen molar-refractivity contribution in [2.75, 3.05) is 24.2 Å². The lowest BCUT2D eigenvalue weighted by Crippen LogP contribution is -2.13. The second-order valence-electron chi connectivity index (χ2n) is 12.5. The summed E-state index contributed by atoms with van der Waals surface area (Å²) in [6, 6.07) is 35.5. The van der Waals surface area contributed by atoms with Crippen LogP contribution < -0.4 is 14.2 Å². The fraction of sp³-hybridized carbons (Fsp3) is 0.225. The third kappa shape index (κ3) is 10.0. The van der Waals surface area contributed by atoms with Gasteiger partial charge in [0, 0.05) is 28.6 Å². The summed E-state index contributed by atoms with van der Waals surface area (Å²) < 4.78 is 44.7. The Balaban J connectivity index is 1.51. The van der Waals surface area contributed by atoms with Crippen LogP contribution >= 0.6 is 0 Å². The van der Waals surface area contributed by atoms with Crippen molar-refractivity contribution in [3.63, 3.8) is 0 Å². The molecule has 0 aliphatic rings. The third-order valence-electron chi connectivity index (χ3n) is 7.52. The lowest BCUT2D eigenvalue weighted by Gasteiger charge is -2.24. The molecule has 4 aromatic carbocycles. The van der Waals surface area contributed by atoms with E-state index in [1.165, 1.54) is 0 Å². The number of sulfonamides is 1. The van der Waals surface area contributed by atoms with Crippen LogP contribution in [0.15, 0.2) is 115 Å². The zero-order valence-electron chi connectivity index (χ0n) is 27.8. The third-order valence-corrected chi connectivity index (χ3v) is 8.12. The van der Waals surface area contributed by atoms with Gasteiger partial charge in [0.2, 0.25) is 15.9 Å². The summed E-state index contributed by atoms with van der Waals surface area (Å²) in [4.78, 5) is 4.63. The standard InChI is InChI=1S/C40H42N2O5S/c1-40(2,3)34-26-33(20-17-30-18-21-35(22-19-30)42-48(4,43)44)38(46-25-24-45-28-31-12-7-5-8-13-31)37(27-34)36-16-11-23-41-39(36)47-29-32-14-9-6-10-15-32/h5-23,26-27,42H,24-25,28-29H2,1-4H3. The Morgan fingerprint density at radius 3 is 2.04 bits per heavy atom. The van der Waals surface area contributed by atoms with Gasteiger partial charge >= 0.3 is 0 Å². The fourth-order valence-corrected chi connectivity index (χ4v) is 5.60. The van der Waals surface area contributed by atoms with E-state index < -0.39 is 10.0 Å². The SMILES string of the molecule is CC(C)(C)c1cc(C=Cc2ccc(NS(C)(=O)=O)cc2)c(OCCOCc2ccccc2)c(-c2cccnc2OCc2ccccc2)c1. The molecule has 0 bridgehead atoms. The Bertz CT molecular complexity index is 1920. The summed E-state index contributed by atoms with van der Waals surface area (Å²) in [5.41, 5.74) is 7.09. The van der Waals surface area contributed by atoms with Gasteiger partial charge in [-0.15, -0.1) is 0 Å². The molecular formula is C40H42N2O5S. The van der Waals surface area contributed by atoms with Crippen LogP contribution in [0.2, 0.25) is 0 Å². The van der Waals surface area contributed by atoms with E-state index in [-0.39, 0.29) is 5.41 Å². The maximum Gasteiger partial charge on any atom is 0.229 e. The van der Waals surface area contributed by atoms with Crippen molar-refractivity contribution < 1.29 is 22.6 Å². The van der Waals surface area contributed by atoms with E-state index in [0.717, 1.165) is 45.2 Å². The van der Waals surface area contributed by atoms with E-state index in [1.807, 2.05) is 97.1 Å². The molecule has 0 aliphatic heterocycles. The van der Waals surface area contributed by atoms with Gasteiger partial charge in [0.05, 0.1) is 19.5 Å². The second kappa shape index (κ2) is 15.8. The van der Waals surface area contributed by atoms with Gasteiger partial charge in [-0.05, 0) is 64.1 Å². The zero-order chi connectivity index (χ0) is 34.0. The van der Waals surface area contributed by atoms with E-state index in [1.54, 1.807) is 18.3 Å². The van der Waals surface area contributed by atoms with Gasteiger partial charge in [-0.25, -0.2) is 13.4 Å². The average molecular weight is 663 g/mol. The fourth-order valence-electron chi connectivity index (χ4n) is 5.04. The van der Waals surface area contributed by atoms with Crippen molar-refractivity contribution >= 4 is 27.9 Å². The first-order valence-corrected chi connectivity index (χ1v) is 17.8. The molecule has 8 heteroatoms. The second-order valence-corrected chi connectivity index (χ2v) is 14.3. The number of hydrogen-bond donors (Lipinski definition) is 1. The number of benzene rings is 4. The Hall–Kier alpha value is -4.92. The smallest absolute Gasteiger partial charge is 0.229 e. The van der Waals surface area contributed by atoms with Crippen LogP contribution in [0.4, 0.5) is 5.69 Å². The van der Waals surface area contributed by atoms with Gasteiger partial charge in [0.25, 0.3) is 0 Å². The van der Waals surface area contributed by atoms with E-state index in [4.69, 9.17) is 14.2 Å². The number of hydrogen-bond acceptors (Lipinski definition) is 6. The largest absolute Gasteiger partial charge is 0.490 e. The van der Waals surface area contributed by atoms with Crippen LogP contribution in [-0.4, -0.2) is 32.9 Å². The maximum atomic E-state index is 11.7. The molecular weight excluding hydrogens is 621 g/mol. The molecule has 0 radical (unpaired) electrons. The normalized spacial score (nSPS) is 11.8. The Morgan fingerprint density at radius 1 is 0.729 bits per heavy atom. The molecule has 7 nitrogen and oxygen atoms in total. The monoisotopic (exact) mass is 662 g/mol. The minimum atomic E-state index is -3.36. The number of pyridine rings is 1. The van der Waals surface area contributed by atoms with Crippen molar-refractivity contribution in [3.8, 4) is 22.8 Å². The van der Waals surface area contributed by atoms with E-state index >= 15 is 0 Å². The molecule has 0 saturated carbocycles. The topological polar surface area (TPSA) is 86.8 Å². The summed E-state index contributed by atoms with van der Waals surface area (Å²) in [6.07, 6.45) is 6.89. The number of nitrogens with zero attached hydrogens (tertiary/aromatic N) is 1. The van der Waals surface area contributed by atoms with Gasteiger partial charge in [0.1, 0.15) is 19.0 Å². The van der Waals surface area contributed by atoms with Crippen molar-refractivity contribution in [2.45, 2.75) is 39.4 Å². The van der Waals surface area contributed by atoms with Crippen molar-refractivity contribution in [1.82, 2.24) is 4.98 Å². The minimum Gasteiger partial charge on any atom is -0.490 e. The quantitative estimate of drug-likeness (QED) is 0.0945. The molecule has 0 amide bonds. The van der Waals surface area contributed by atoms with Crippen LogP contribution in [-0.2, 0) is 33.4 Å². The molecule has 1 N–H and O–H groups in total. The molecule has 1 heterocycles. The van der Waals surface area contributed by atoms with Gasteiger partial charge in [-0.3, -0.25) is 4.72 Å². The van der Waals surface area contributed by atoms with E-state index in [9.17, 15) is 8.42 Å². The van der Waals surface area contributed by atoms with Crippen LogP contribution in [0.1, 0.15) is 48.6 Å². The molecule has 248 valence electrons. The number of ether oxygens (including phenoxy) is 3. The van der Waals surface area contributed by atoms with Crippen LogP contribution in [0.3, 0.4) is 0 Å². The van der Waals surface area contributed by atoms with Crippen LogP contribution in [0.5, 0.6) is 11.6 Å². The predicted molar refractivity (Wildman–Crippen MR) is 195 cm³/mol. The van der Waals surface area contributed by atoms with Gasteiger partial charge in [-0.1, -0.05) is 106 Å². The Morgan fingerprint density at radius 2 is 1.40 bits per heavy atom. The number of anilines is 1.